The fourth-order valence-electron chi connectivity index (χ4n) is 1.89. The Morgan fingerprint density at radius 3 is 2.11 bits per heavy atom. The van der Waals surface area contributed by atoms with Gasteiger partial charge in [0.2, 0.25) is 6.43 Å². The molecule has 0 amide bonds. The molecule has 1 N–H and O–H groups in total. The Morgan fingerprint density at radius 2 is 1.78 bits per heavy atom. The number of carbonyl (C=O) groups is 1. The monoisotopic (exact) mass is 262 g/mol. The molecule has 0 radical (unpaired) electrons. The Labute approximate surface area is 108 Å². The Hall–Kier alpha value is -0.930. The van der Waals surface area contributed by atoms with Crippen LogP contribution in [0.4, 0.5) is 8.78 Å². The SMILES string of the molecule is CCC(CC)C(=O)C=C(O)C(C)(CC)CC(F)F. The van der Waals surface area contributed by atoms with Gasteiger partial charge in [-0.2, -0.15) is 0 Å². The van der Waals surface area contributed by atoms with E-state index in [1.165, 1.54) is 0 Å². The van der Waals surface area contributed by atoms with E-state index < -0.39 is 18.3 Å². The molecule has 1 atom stereocenters. The maximum atomic E-state index is 12.5. The number of aliphatic hydroxyl groups excluding tert-OH is 1. The lowest BCUT2D eigenvalue weighted by Gasteiger charge is -2.27. The number of rotatable bonds is 8. The van der Waals surface area contributed by atoms with Gasteiger partial charge >= 0.3 is 0 Å². The van der Waals surface area contributed by atoms with E-state index in [1.54, 1.807) is 13.8 Å². The molecule has 0 aromatic heterocycles. The highest BCUT2D eigenvalue weighted by Crippen LogP contribution is 2.35. The van der Waals surface area contributed by atoms with Gasteiger partial charge < -0.3 is 5.11 Å². The molecule has 0 aliphatic carbocycles. The molecule has 4 heteroatoms. The van der Waals surface area contributed by atoms with E-state index in [4.69, 9.17) is 0 Å². The van der Waals surface area contributed by atoms with Gasteiger partial charge in [0, 0.05) is 23.8 Å². The zero-order valence-electron chi connectivity index (χ0n) is 11.7. The molecule has 0 aliphatic rings. The Balaban J connectivity index is 4.97. The van der Waals surface area contributed by atoms with Crippen LogP contribution in [0.25, 0.3) is 0 Å². The van der Waals surface area contributed by atoms with Gasteiger partial charge in [0.15, 0.2) is 5.78 Å². The zero-order chi connectivity index (χ0) is 14.3. The van der Waals surface area contributed by atoms with E-state index in [2.05, 4.69) is 0 Å². The lowest BCUT2D eigenvalue weighted by molar-refractivity contribution is -0.118. The number of carbonyl (C=O) groups excluding carboxylic acids is 1. The molecule has 0 spiro atoms. The van der Waals surface area contributed by atoms with Crippen LogP contribution < -0.4 is 0 Å². The summed E-state index contributed by atoms with van der Waals surface area (Å²) in [5, 5.41) is 9.93. The molecule has 1 unspecified atom stereocenters. The van der Waals surface area contributed by atoms with E-state index in [1.807, 2.05) is 13.8 Å². The second kappa shape index (κ2) is 7.49. The average molecular weight is 262 g/mol. The van der Waals surface area contributed by atoms with Crippen LogP contribution in [0.2, 0.25) is 0 Å². The Morgan fingerprint density at radius 1 is 1.28 bits per heavy atom. The molecule has 0 bridgehead atoms. The molecule has 0 fully saturated rings. The molecule has 0 saturated heterocycles. The molecule has 0 rings (SSSR count). The van der Waals surface area contributed by atoms with Crippen molar-refractivity contribution in [3.05, 3.63) is 11.8 Å². The van der Waals surface area contributed by atoms with Crippen molar-refractivity contribution < 1.29 is 18.7 Å². The molecular formula is C14H24F2O2. The van der Waals surface area contributed by atoms with Gasteiger partial charge in [-0.15, -0.1) is 0 Å². The number of aliphatic hydroxyl groups is 1. The summed E-state index contributed by atoms with van der Waals surface area (Å²) in [4.78, 5) is 11.8. The average Bonchev–Trinajstić information content (AvgIpc) is 2.29. The van der Waals surface area contributed by atoms with Crippen LogP contribution in [0.1, 0.15) is 53.4 Å². The van der Waals surface area contributed by atoms with Crippen LogP contribution in [0.5, 0.6) is 0 Å². The molecule has 0 aromatic rings. The van der Waals surface area contributed by atoms with Crippen molar-refractivity contribution in [1.82, 2.24) is 0 Å². The lowest BCUT2D eigenvalue weighted by atomic mass is 9.81. The first kappa shape index (κ1) is 17.1. The summed E-state index contributed by atoms with van der Waals surface area (Å²) in [5.74, 6) is -0.534. The van der Waals surface area contributed by atoms with Crippen LogP contribution in [0.15, 0.2) is 11.8 Å². The van der Waals surface area contributed by atoms with Gasteiger partial charge in [-0.05, 0) is 19.3 Å². The molecule has 106 valence electrons. The number of halogens is 2. The number of allylic oxidation sites excluding steroid dienone is 2. The van der Waals surface area contributed by atoms with Crippen molar-refractivity contribution in [1.29, 1.82) is 0 Å². The first-order valence-corrected chi connectivity index (χ1v) is 6.53. The minimum Gasteiger partial charge on any atom is -0.512 e. The van der Waals surface area contributed by atoms with Gasteiger partial charge in [0.05, 0.1) is 0 Å². The number of hydrogen-bond donors (Lipinski definition) is 1. The summed E-state index contributed by atoms with van der Waals surface area (Å²) >= 11 is 0. The summed E-state index contributed by atoms with van der Waals surface area (Å²) in [7, 11) is 0. The quantitative estimate of drug-likeness (QED) is 0.516. The van der Waals surface area contributed by atoms with Gasteiger partial charge in [0.25, 0.3) is 0 Å². The van der Waals surface area contributed by atoms with Crippen molar-refractivity contribution in [3.63, 3.8) is 0 Å². The van der Waals surface area contributed by atoms with Crippen LogP contribution in [-0.4, -0.2) is 17.3 Å². The maximum absolute atomic E-state index is 12.5. The molecule has 0 aromatic carbocycles. The van der Waals surface area contributed by atoms with Crippen molar-refractivity contribution in [3.8, 4) is 0 Å². The molecular weight excluding hydrogens is 238 g/mol. The summed E-state index contributed by atoms with van der Waals surface area (Å²) in [6.07, 6.45) is -0.0246. The second-order valence-electron chi connectivity index (χ2n) is 4.95. The highest BCUT2D eigenvalue weighted by Gasteiger charge is 2.31. The van der Waals surface area contributed by atoms with Crippen molar-refractivity contribution in [2.24, 2.45) is 11.3 Å². The molecule has 2 nitrogen and oxygen atoms in total. The van der Waals surface area contributed by atoms with Gasteiger partial charge in [-0.25, -0.2) is 8.78 Å². The minimum atomic E-state index is -2.49. The minimum absolute atomic E-state index is 0.139. The summed E-state index contributed by atoms with van der Waals surface area (Å²) in [5.41, 5.74) is -1.02. The number of hydrogen-bond acceptors (Lipinski definition) is 2. The van der Waals surface area contributed by atoms with Crippen LogP contribution >= 0.6 is 0 Å². The lowest BCUT2D eigenvalue weighted by Crippen LogP contribution is -2.23. The standard InChI is InChI=1S/C14H24F2O2/c1-5-10(6-2)11(17)8-12(18)14(4,7-3)9-13(15)16/h8,10,13,18H,5-7,9H2,1-4H3. The number of ketones is 1. The van der Waals surface area contributed by atoms with Crippen LogP contribution in [0.3, 0.4) is 0 Å². The smallest absolute Gasteiger partial charge is 0.239 e. The van der Waals surface area contributed by atoms with E-state index in [0.29, 0.717) is 19.3 Å². The van der Waals surface area contributed by atoms with Crippen molar-refractivity contribution >= 4 is 5.78 Å². The third-order valence-electron chi connectivity index (χ3n) is 3.67. The predicted molar refractivity (Wildman–Crippen MR) is 68.8 cm³/mol. The highest BCUT2D eigenvalue weighted by atomic mass is 19.3. The second-order valence-corrected chi connectivity index (χ2v) is 4.95. The van der Waals surface area contributed by atoms with Gasteiger partial charge in [-0.1, -0.05) is 27.7 Å². The Kier molecular flexibility index (Phi) is 7.11. The normalized spacial score (nSPS) is 16.1. The molecule has 0 heterocycles. The first-order chi connectivity index (χ1) is 8.30. The molecule has 0 saturated carbocycles. The van der Waals surface area contributed by atoms with E-state index in [0.717, 1.165) is 6.08 Å². The van der Waals surface area contributed by atoms with Crippen LogP contribution in [-0.2, 0) is 4.79 Å². The Bertz CT molecular complexity index is 296. The zero-order valence-corrected chi connectivity index (χ0v) is 11.7. The summed E-state index contributed by atoms with van der Waals surface area (Å²) in [6, 6.07) is 0. The maximum Gasteiger partial charge on any atom is 0.239 e. The third-order valence-corrected chi connectivity index (χ3v) is 3.67. The fraction of sp³-hybridized carbons (Fsp3) is 0.786. The van der Waals surface area contributed by atoms with E-state index in [9.17, 15) is 18.7 Å². The largest absolute Gasteiger partial charge is 0.512 e. The predicted octanol–water partition coefficient (Wildman–Crippen LogP) is 4.51. The fourth-order valence-corrected chi connectivity index (χ4v) is 1.89. The summed E-state index contributed by atoms with van der Waals surface area (Å²) < 4.78 is 25.0. The topological polar surface area (TPSA) is 37.3 Å². The molecule has 18 heavy (non-hydrogen) atoms. The van der Waals surface area contributed by atoms with E-state index in [-0.39, 0.29) is 17.5 Å². The molecule has 0 aliphatic heterocycles. The summed E-state index contributed by atoms with van der Waals surface area (Å²) in [6.45, 7) is 7.09. The third kappa shape index (κ3) is 4.75. The van der Waals surface area contributed by atoms with Crippen molar-refractivity contribution in [2.75, 3.05) is 0 Å². The first-order valence-electron chi connectivity index (χ1n) is 6.53. The van der Waals surface area contributed by atoms with Gasteiger partial charge in [0.1, 0.15) is 5.76 Å². The van der Waals surface area contributed by atoms with Crippen LogP contribution in [0, 0.1) is 11.3 Å². The van der Waals surface area contributed by atoms with Crippen molar-refractivity contribution in [2.45, 2.75) is 59.8 Å². The van der Waals surface area contributed by atoms with E-state index >= 15 is 0 Å². The number of alkyl halides is 2. The highest BCUT2D eigenvalue weighted by molar-refractivity contribution is 5.92. The van der Waals surface area contributed by atoms with Gasteiger partial charge in [-0.3, -0.25) is 4.79 Å².